The summed E-state index contributed by atoms with van der Waals surface area (Å²) in [4.78, 5) is 4.84. The highest BCUT2D eigenvalue weighted by molar-refractivity contribution is 9.10. The molecule has 1 saturated heterocycles. The minimum atomic E-state index is 0.0157. The molecule has 0 aliphatic carbocycles. The van der Waals surface area contributed by atoms with E-state index in [2.05, 4.69) is 80.3 Å². The first-order valence-corrected chi connectivity index (χ1v) is 10.1. The fourth-order valence-corrected chi connectivity index (χ4v) is 4.35. The molecule has 3 aromatic rings. The molecule has 0 N–H and O–H groups in total. The van der Waals surface area contributed by atoms with E-state index in [1.165, 1.54) is 11.4 Å². The molecule has 3 aromatic carbocycles. The van der Waals surface area contributed by atoms with Crippen LogP contribution in [0.2, 0.25) is 0 Å². The molecular weight excluding hydrogens is 416 g/mol. The number of nitrogens with zero attached hydrogens (tertiary/aromatic N) is 2. The SMILES string of the molecule is COc1cc(OC)c(C2N(c3ccccc3)CCN2c2ccccc2)cc1Br. The molecule has 0 aromatic heterocycles. The molecule has 28 heavy (non-hydrogen) atoms. The molecule has 0 amide bonds. The molecule has 144 valence electrons. The fraction of sp³-hybridized carbons (Fsp3) is 0.217. The second-order valence-electron chi connectivity index (χ2n) is 6.66. The number of benzene rings is 3. The second kappa shape index (κ2) is 8.15. The molecule has 4 nitrogen and oxygen atoms in total. The molecule has 1 heterocycles. The normalized spacial score (nSPS) is 14.4. The van der Waals surface area contributed by atoms with Crippen molar-refractivity contribution in [2.75, 3.05) is 37.1 Å². The monoisotopic (exact) mass is 438 g/mol. The Kier molecular flexibility index (Phi) is 5.44. The van der Waals surface area contributed by atoms with Crippen LogP contribution in [0.3, 0.4) is 0 Å². The summed E-state index contributed by atoms with van der Waals surface area (Å²) in [5.41, 5.74) is 3.49. The number of ether oxygens (including phenoxy) is 2. The quantitative estimate of drug-likeness (QED) is 0.525. The molecule has 0 atom stereocenters. The maximum absolute atomic E-state index is 5.77. The van der Waals surface area contributed by atoms with Gasteiger partial charge < -0.3 is 19.3 Å². The number of methoxy groups -OCH3 is 2. The predicted octanol–water partition coefficient (Wildman–Crippen LogP) is 5.49. The molecule has 0 unspecified atom stereocenters. The Morgan fingerprint density at radius 3 is 1.71 bits per heavy atom. The van der Waals surface area contributed by atoms with Gasteiger partial charge in [0.15, 0.2) is 0 Å². The number of para-hydroxylation sites is 2. The average Bonchev–Trinajstić information content (AvgIpc) is 3.19. The molecule has 5 heteroatoms. The Bertz CT molecular complexity index is 887. The Balaban J connectivity index is 1.85. The van der Waals surface area contributed by atoms with E-state index in [9.17, 15) is 0 Å². The summed E-state index contributed by atoms with van der Waals surface area (Å²) in [6.07, 6.45) is 0.0157. The van der Waals surface area contributed by atoms with Crippen LogP contribution >= 0.6 is 15.9 Å². The third-order valence-corrected chi connectivity index (χ3v) is 5.75. The molecule has 4 rings (SSSR count). The molecule has 1 aliphatic rings. The van der Waals surface area contributed by atoms with Crippen molar-refractivity contribution in [3.05, 3.63) is 82.8 Å². The van der Waals surface area contributed by atoms with Crippen LogP contribution in [0.4, 0.5) is 11.4 Å². The van der Waals surface area contributed by atoms with E-state index in [1.54, 1.807) is 14.2 Å². The summed E-state index contributed by atoms with van der Waals surface area (Å²) in [5, 5.41) is 0. The highest BCUT2D eigenvalue weighted by atomic mass is 79.9. The standard InChI is InChI=1S/C23H23BrN2O2/c1-27-21-16-22(28-2)20(24)15-19(21)23-25(17-9-5-3-6-10-17)13-14-26(23)18-11-7-4-8-12-18/h3-12,15-16,23H,13-14H2,1-2H3. The average molecular weight is 439 g/mol. The van der Waals surface area contributed by atoms with Crippen LogP contribution in [-0.4, -0.2) is 27.3 Å². The van der Waals surface area contributed by atoms with Gasteiger partial charge in [0.05, 0.1) is 18.7 Å². The van der Waals surface area contributed by atoms with Crippen LogP contribution in [0.15, 0.2) is 77.3 Å². The van der Waals surface area contributed by atoms with E-state index in [0.29, 0.717) is 0 Å². The van der Waals surface area contributed by atoms with Gasteiger partial charge in [0.1, 0.15) is 17.7 Å². The Labute approximate surface area is 174 Å². The van der Waals surface area contributed by atoms with E-state index in [0.717, 1.165) is 34.6 Å². The molecule has 1 aliphatic heterocycles. The molecule has 0 saturated carbocycles. The van der Waals surface area contributed by atoms with E-state index >= 15 is 0 Å². The van der Waals surface area contributed by atoms with Gasteiger partial charge >= 0.3 is 0 Å². The summed E-state index contributed by atoms with van der Waals surface area (Å²) >= 11 is 3.65. The lowest BCUT2D eigenvalue weighted by Gasteiger charge is -2.34. The zero-order valence-electron chi connectivity index (χ0n) is 16.0. The van der Waals surface area contributed by atoms with E-state index in [1.807, 2.05) is 18.2 Å². The topological polar surface area (TPSA) is 24.9 Å². The van der Waals surface area contributed by atoms with Gasteiger partial charge in [-0.05, 0) is 46.3 Å². The van der Waals surface area contributed by atoms with Gasteiger partial charge in [-0.15, -0.1) is 0 Å². The third kappa shape index (κ3) is 3.42. The summed E-state index contributed by atoms with van der Waals surface area (Å²) in [6, 6.07) is 25.1. The summed E-state index contributed by atoms with van der Waals surface area (Å²) in [6.45, 7) is 1.85. The molecule has 0 radical (unpaired) electrons. The summed E-state index contributed by atoms with van der Waals surface area (Å²) in [7, 11) is 3.38. The van der Waals surface area contributed by atoms with Crippen molar-refractivity contribution in [2.45, 2.75) is 6.17 Å². The third-order valence-electron chi connectivity index (χ3n) is 5.13. The van der Waals surface area contributed by atoms with Crippen LogP contribution in [0.1, 0.15) is 11.7 Å². The first-order chi connectivity index (χ1) is 13.7. The van der Waals surface area contributed by atoms with Crippen molar-refractivity contribution >= 4 is 27.3 Å². The highest BCUT2D eigenvalue weighted by Gasteiger charge is 2.36. The fourth-order valence-electron chi connectivity index (χ4n) is 3.83. The van der Waals surface area contributed by atoms with Crippen LogP contribution in [0.5, 0.6) is 11.5 Å². The van der Waals surface area contributed by atoms with Gasteiger partial charge in [0, 0.05) is 36.1 Å². The number of hydrogen-bond donors (Lipinski definition) is 0. The van der Waals surface area contributed by atoms with E-state index in [4.69, 9.17) is 9.47 Å². The maximum atomic E-state index is 5.77. The highest BCUT2D eigenvalue weighted by Crippen LogP contribution is 2.44. The van der Waals surface area contributed by atoms with Crippen LogP contribution in [0.25, 0.3) is 0 Å². The second-order valence-corrected chi connectivity index (χ2v) is 7.51. The minimum absolute atomic E-state index is 0.0157. The number of hydrogen-bond acceptors (Lipinski definition) is 4. The van der Waals surface area contributed by atoms with Crippen molar-refractivity contribution in [1.82, 2.24) is 0 Å². The lowest BCUT2D eigenvalue weighted by Crippen LogP contribution is -2.31. The van der Waals surface area contributed by atoms with Crippen LogP contribution in [0, 0.1) is 0 Å². The molecule has 0 bridgehead atoms. The summed E-state index contributed by atoms with van der Waals surface area (Å²) < 4.78 is 12.2. The molecule has 1 fully saturated rings. The smallest absolute Gasteiger partial charge is 0.136 e. The largest absolute Gasteiger partial charge is 0.496 e. The number of anilines is 2. The number of rotatable bonds is 5. The lowest BCUT2D eigenvalue weighted by molar-refractivity contribution is 0.387. The van der Waals surface area contributed by atoms with Gasteiger partial charge in [-0.1, -0.05) is 36.4 Å². The van der Waals surface area contributed by atoms with Crippen molar-refractivity contribution in [3.8, 4) is 11.5 Å². The Morgan fingerprint density at radius 2 is 1.25 bits per heavy atom. The molecular formula is C23H23BrN2O2. The van der Waals surface area contributed by atoms with Gasteiger partial charge in [-0.2, -0.15) is 0 Å². The van der Waals surface area contributed by atoms with Crippen LogP contribution < -0.4 is 19.3 Å². The zero-order valence-corrected chi connectivity index (χ0v) is 17.6. The van der Waals surface area contributed by atoms with Gasteiger partial charge in [-0.3, -0.25) is 0 Å². The van der Waals surface area contributed by atoms with Gasteiger partial charge in [-0.25, -0.2) is 0 Å². The van der Waals surface area contributed by atoms with Crippen LogP contribution in [-0.2, 0) is 0 Å². The van der Waals surface area contributed by atoms with Crippen molar-refractivity contribution in [3.63, 3.8) is 0 Å². The Hall–Kier alpha value is -2.66. The predicted molar refractivity (Wildman–Crippen MR) is 118 cm³/mol. The van der Waals surface area contributed by atoms with E-state index in [-0.39, 0.29) is 6.17 Å². The Morgan fingerprint density at radius 1 is 0.750 bits per heavy atom. The zero-order chi connectivity index (χ0) is 19.5. The van der Waals surface area contributed by atoms with Gasteiger partial charge in [0.2, 0.25) is 0 Å². The van der Waals surface area contributed by atoms with Gasteiger partial charge in [0.25, 0.3) is 0 Å². The lowest BCUT2D eigenvalue weighted by atomic mass is 10.1. The first-order valence-electron chi connectivity index (χ1n) is 9.27. The summed E-state index contributed by atoms with van der Waals surface area (Å²) in [5.74, 6) is 1.57. The minimum Gasteiger partial charge on any atom is -0.496 e. The maximum Gasteiger partial charge on any atom is 0.136 e. The molecule has 0 spiro atoms. The van der Waals surface area contributed by atoms with Crippen molar-refractivity contribution in [2.24, 2.45) is 0 Å². The first kappa shape index (κ1) is 18.7. The van der Waals surface area contributed by atoms with E-state index < -0.39 is 0 Å². The van der Waals surface area contributed by atoms with Crippen molar-refractivity contribution < 1.29 is 9.47 Å². The van der Waals surface area contributed by atoms with Crippen molar-refractivity contribution in [1.29, 1.82) is 0 Å². The number of halogens is 1.